The van der Waals surface area contributed by atoms with E-state index in [1.807, 2.05) is 12.1 Å². The van der Waals surface area contributed by atoms with Gasteiger partial charge in [0.1, 0.15) is 11.1 Å². The number of aliphatic carboxylic acids is 1. The fourth-order valence-electron chi connectivity index (χ4n) is 3.69. The first kappa shape index (κ1) is 24.6. The molecule has 0 bridgehead atoms. The van der Waals surface area contributed by atoms with Gasteiger partial charge in [0.15, 0.2) is 9.84 Å². The van der Waals surface area contributed by atoms with Crippen LogP contribution in [0.3, 0.4) is 0 Å². The topological polar surface area (TPSA) is 125 Å². The zero-order valence-corrected chi connectivity index (χ0v) is 19.9. The number of nitrogens with one attached hydrogen (secondary N) is 2. The van der Waals surface area contributed by atoms with Crippen LogP contribution in [-0.2, 0) is 14.6 Å². The molecule has 3 N–H and O–H groups in total. The summed E-state index contributed by atoms with van der Waals surface area (Å²) < 4.78 is 27.2. The van der Waals surface area contributed by atoms with E-state index in [0.29, 0.717) is 16.9 Å². The number of hydrogen-bond donors (Lipinski definition) is 3. The van der Waals surface area contributed by atoms with E-state index in [1.165, 1.54) is 18.2 Å². The lowest BCUT2D eigenvalue weighted by Gasteiger charge is -2.19. The van der Waals surface area contributed by atoms with Crippen LogP contribution in [0.15, 0.2) is 108 Å². The number of carbonyl (C=O) groups is 2. The monoisotopic (exact) mass is 501 g/mol. The largest absolute Gasteiger partial charge is 0.481 e. The van der Waals surface area contributed by atoms with Crippen molar-refractivity contribution in [1.29, 1.82) is 0 Å². The standard InChI is InChI=1S/C27H23N3O5S/c31-26(32)18-24(19-8-2-1-3-9-19)36(34,35)23-11-5-4-10-22(23)30-27(33)20-13-15-21(16-14-20)29-25-12-6-7-17-28-25/h1-17,24H,18H2,(H,28,29)(H,30,33)(H,31,32). The van der Waals surface area contributed by atoms with E-state index in [4.69, 9.17) is 0 Å². The molecule has 0 fully saturated rings. The molecule has 0 spiro atoms. The van der Waals surface area contributed by atoms with Gasteiger partial charge in [0.2, 0.25) is 0 Å². The van der Waals surface area contributed by atoms with Crippen molar-refractivity contribution < 1.29 is 23.1 Å². The molecule has 182 valence electrons. The molecule has 1 heterocycles. The third-order valence-electron chi connectivity index (χ3n) is 5.43. The number of para-hydroxylation sites is 1. The summed E-state index contributed by atoms with van der Waals surface area (Å²) in [6.07, 6.45) is 1.05. The van der Waals surface area contributed by atoms with Crippen LogP contribution in [0.4, 0.5) is 17.2 Å². The minimum atomic E-state index is -4.16. The van der Waals surface area contributed by atoms with Crippen molar-refractivity contribution in [3.63, 3.8) is 0 Å². The minimum Gasteiger partial charge on any atom is -0.481 e. The Balaban J connectivity index is 1.58. The number of carboxylic acid groups (broad SMARTS) is 1. The lowest BCUT2D eigenvalue weighted by Crippen LogP contribution is -2.20. The molecule has 3 aromatic carbocycles. The molecule has 0 aliphatic heterocycles. The number of nitrogens with zero attached hydrogens (tertiary/aromatic N) is 1. The Labute approximate surface area is 208 Å². The summed E-state index contributed by atoms with van der Waals surface area (Å²) in [5.74, 6) is -1.09. The highest BCUT2D eigenvalue weighted by molar-refractivity contribution is 7.91. The van der Waals surface area contributed by atoms with E-state index in [2.05, 4.69) is 15.6 Å². The summed E-state index contributed by atoms with van der Waals surface area (Å²) in [6.45, 7) is 0. The number of carboxylic acids is 1. The smallest absolute Gasteiger partial charge is 0.305 e. The van der Waals surface area contributed by atoms with Gasteiger partial charge >= 0.3 is 5.97 Å². The van der Waals surface area contributed by atoms with Gasteiger partial charge in [-0.2, -0.15) is 0 Å². The summed E-state index contributed by atoms with van der Waals surface area (Å²) in [5, 5.41) is 13.9. The van der Waals surface area contributed by atoms with Crippen LogP contribution in [0, 0.1) is 0 Å². The van der Waals surface area contributed by atoms with E-state index in [9.17, 15) is 23.1 Å². The molecule has 36 heavy (non-hydrogen) atoms. The van der Waals surface area contributed by atoms with E-state index >= 15 is 0 Å². The first-order valence-corrected chi connectivity index (χ1v) is 12.6. The Bertz CT molecular complexity index is 1460. The maximum absolute atomic E-state index is 13.6. The average Bonchev–Trinajstić information content (AvgIpc) is 2.89. The fraction of sp³-hybridized carbons (Fsp3) is 0.0741. The molecule has 0 aliphatic carbocycles. The predicted octanol–water partition coefficient (Wildman–Crippen LogP) is 5.07. The van der Waals surface area contributed by atoms with Gasteiger partial charge in [-0.25, -0.2) is 13.4 Å². The van der Waals surface area contributed by atoms with Gasteiger partial charge in [-0.15, -0.1) is 0 Å². The Morgan fingerprint density at radius 2 is 1.50 bits per heavy atom. The summed E-state index contributed by atoms with van der Waals surface area (Å²) in [5.41, 5.74) is 1.48. The lowest BCUT2D eigenvalue weighted by molar-refractivity contribution is -0.137. The summed E-state index contributed by atoms with van der Waals surface area (Å²) in [6, 6.07) is 26.3. The van der Waals surface area contributed by atoms with Gasteiger partial charge in [-0.3, -0.25) is 9.59 Å². The maximum Gasteiger partial charge on any atom is 0.305 e. The molecule has 0 radical (unpaired) electrons. The van der Waals surface area contributed by atoms with Crippen LogP contribution in [0.5, 0.6) is 0 Å². The second kappa shape index (κ2) is 10.8. The third kappa shape index (κ3) is 5.76. The molecule has 1 atom stereocenters. The number of sulfone groups is 1. The van der Waals surface area contributed by atoms with Gasteiger partial charge in [-0.1, -0.05) is 48.5 Å². The zero-order valence-electron chi connectivity index (χ0n) is 19.0. The molecule has 8 nitrogen and oxygen atoms in total. The molecule has 0 saturated heterocycles. The van der Waals surface area contributed by atoms with Gasteiger partial charge in [-0.05, 0) is 54.1 Å². The van der Waals surface area contributed by atoms with E-state index in [1.54, 1.807) is 72.9 Å². The summed E-state index contributed by atoms with van der Waals surface area (Å²) >= 11 is 0. The Kier molecular flexibility index (Phi) is 7.41. The molecular formula is C27H23N3O5S. The molecule has 4 aromatic rings. The first-order chi connectivity index (χ1) is 17.3. The van der Waals surface area contributed by atoms with Crippen molar-refractivity contribution in [2.75, 3.05) is 10.6 Å². The highest BCUT2D eigenvalue weighted by Gasteiger charge is 2.33. The third-order valence-corrected chi connectivity index (χ3v) is 7.59. The number of pyridine rings is 1. The van der Waals surface area contributed by atoms with Gasteiger partial charge in [0.25, 0.3) is 5.91 Å². The van der Waals surface area contributed by atoms with Crippen LogP contribution in [-0.4, -0.2) is 30.4 Å². The SMILES string of the molecule is O=C(O)CC(c1ccccc1)S(=O)(=O)c1ccccc1NC(=O)c1ccc(Nc2ccccn2)cc1. The molecule has 0 saturated carbocycles. The van der Waals surface area contributed by atoms with Crippen molar-refractivity contribution in [2.24, 2.45) is 0 Å². The lowest BCUT2D eigenvalue weighted by atomic mass is 10.1. The number of amides is 1. The highest BCUT2D eigenvalue weighted by Crippen LogP contribution is 2.35. The molecular weight excluding hydrogens is 478 g/mol. The summed E-state index contributed by atoms with van der Waals surface area (Å²) in [4.78, 5) is 28.5. The Morgan fingerprint density at radius 3 is 2.17 bits per heavy atom. The fourth-order valence-corrected chi connectivity index (χ4v) is 5.57. The van der Waals surface area contributed by atoms with Gasteiger partial charge in [0.05, 0.1) is 17.0 Å². The Morgan fingerprint density at radius 1 is 0.833 bits per heavy atom. The number of rotatable bonds is 9. The van der Waals surface area contributed by atoms with Crippen molar-refractivity contribution in [2.45, 2.75) is 16.6 Å². The van der Waals surface area contributed by atoms with Gasteiger partial charge in [0, 0.05) is 17.4 Å². The predicted molar refractivity (Wildman–Crippen MR) is 137 cm³/mol. The molecule has 1 unspecified atom stereocenters. The van der Waals surface area contributed by atoms with E-state index in [-0.39, 0.29) is 10.6 Å². The van der Waals surface area contributed by atoms with Crippen molar-refractivity contribution in [3.05, 3.63) is 114 Å². The number of aromatic nitrogens is 1. The number of hydrogen-bond acceptors (Lipinski definition) is 6. The van der Waals surface area contributed by atoms with Gasteiger partial charge < -0.3 is 15.7 Å². The minimum absolute atomic E-state index is 0.0736. The van der Waals surface area contributed by atoms with E-state index in [0.717, 1.165) is 5.69 Å². The highest BCUT2D eigenvalue weighted by atomic mass is 32.2. The number of carbonyl (C=O) groups excluding carboxylic acids is 1. The number of benzene rings is 3. The second-order valence-corrected chi connectivity index (χ2v) is 10.0. The van der Waals surface area contributed by atoms with Crippen molar-refractivity contribution in [3.8, 4) is 0 Å². The van der Waals surface area contributed by atoms with Crippen LogP contribution in [0.2, 0.25) is 0 Å². The molecule has 1 amide bonds. The normalized spacial score (nSPS) is 11.9. The van der Waals surface area contributed by atoms with Crippen LogP contribution in [0.25, 0.3) is 0 Å². The average molecular weight is 502 g/mol. The molecule has 0 aliphatic rings. The van der Waals surface area contributed by atoms with E-state index < -0.39 is 33.4 Å². The molecule has 1 aromatic heterocycles. The zero-order chi connectivity index (χ0) is 25.5. The van der Waals surface area contributed by atoms with Crippen molar-refractivity contribution >= 4 is 38.9 Å². The second-order valence-electron chi connectivity index (χ2n) is 7.91. The first-order valence-electron chi connectivity index (χ1n) is 11.0. The Hall–Kier alpha value is -4.50. The summed E-state index contributed by atoms with van der Waals surface area (Å²) in [7, 11) is -4.16. The van der Waals surface area contributed by atoms with Crippen molar-refractivity contribution in [1.82, 2.24) is 4.98 Å². The van der Waals surface area contributed by atoms with Crippen LogP contribution in [0.1, 0.15) is 27.6 Å². The molecule has 9 heteroatoms. The number of anilines is 3. The quantitative estimate of drug-likeness (QED) is 0.292. The van der Waals surface area contributed by atoms with Crippen LogP contribution < -0.4 is 10.6 Å². The maximum atomic E-state index is 13.6. The molecule has 4 rings (SSSR count). The van der Waals surface area contributed by atoms with Crippen LogP contribution >= 0.6 is 0 Å².